The van der Waals surface area contributed by atoms with Gasteiger partial charge >= 0.3 is 0 Å². The Labute approximate surface area is 118 Å². The van der Waals surface area contributed by atoms with Crippen LogP contribution in [0.3, 0.4) is 0 Å². The van der Waals surface area contributed by atoms with Crippen molar-refractivity contribution in [3.8, 4) is 0 Å². The monoisotopic (exact) mass is 362 g/mol. The van der Waals surface area contributed by atoms with Gasteiger partial charge in [-0.1, -0.05) is 0 Å². The zero-order chi connectivity index (χ0) is 11.8. The van der Waals surface area contributed by atoms with Crippen LogP contribution < -0.4 is 5.32 Å². The normalized spacial score (nSPS) is 32.0. The van der Waals surface area contributed by atoms with Crippen molar-refractivity contribution < 1.29 is 4.42 Å². The number of hydrogen-bond donors (Lipinski definition) is 1. The smallest absolute Gasteiger partial charge is 0.183 e. The summed E-state index contributed by atoms with van der Waals surface area (Å²) in [5, 5.41) is 3.63. The van der Waals surface area contributed by atoms with Crippen molar-refractivity contribution in [1.82, 2.24) is 10.2 Å². The molecule has 0 spiro atoms. The zero-order valence-electron chi connectivity index (χ0n) is 9.59. The molecule has 5 heteroatoms. The second kappa shape index (κ2) is 5.03. The van der Waals surface area contributed by atoms with E-state index in [4.69, 9.17) is 4.42 Å². The average Bonchev–Trinajstić information content (AvgIpc) is 2.68. The van der Waals surface area contributed by atoms with Crippen LogP contribution in [0, 0.1) is 5.92 Å². The predicted molar refractivity (Wildman–Crippen MR) is 73.9 cm³/mol. The summed E-state index contributed by atoms with van der Waals surface area (Å²) in [4.78, 5) is 2.56. The van der Waals surface area contributed by atoms with Crippen LogP contribution in [-0.2, 0) is 6.54 Å². The quantitative estimate of drug-likeness (QED) is 0.894. The van der Waals surface area contributed by atoms with E-state index >= 15 is 0 Å². The van der Waals surface area contributed by atoms with Gasteiger partial charge in [-0.05, 0) is 69.8 Å². The highest BCUT2D eigenvalue weighted by Crippen LogP contribution is 2.29. The van der Waals surface area contributed by atoms with Crippen molar-refractivity contribution >= 4 is 31.9 Å². The molecular formula is C12H16Br2N2O. The van der Waals surface area contributed by atoms with Crippen LogP contribution in [0.1, 0.15) is 18.6 Å². The number of halogens is 2. The highest BCUT2D eigenvalue weighted by atomic mass is 79.9. The molecule has 1 unspecified atom stereocenters. The van der Waals surface area contributed by atoms with Gasteiger partial charge in [-0.2, -0.15) is 0 Å². The Morgan fingerprint density at radius 2 is 2.12 bits per heavy atom. The van der Waals surface area contributed by atoms with E-state index in [1.54, 1.807) is 0 Å². The molecule has 0 aliphatic carbocycles. The Kier molecular flexibility index (Phi) is 3.62. The summed E-state index contributed by atoms with van der Waals surface area (Å²) < 4.78 is 7.35. The number of furan rings is 1. The fourth-order valence-corrected chi connectivity index (χ4v) is 3.57. The lowest BCUT2D eigenvalue weighted by molar-refractivity contribution is 0.0711. The van der Waals surface area contributed by atoms with Crippen molar-refractivity contribution in [2.24, 2.45) is 5.92 Å². The first-order chi connectivity index (χ1) is 8.22. The van der Waals surface area contributed by atoms with E-state index in [1.165, 1.54) is 32.5 Å². The summed E-state index contributed by atoms with van der Waals surface area (Å²) >= 11 is 6.80. The standard InChI is InChI=1S/C12H16Br2N2O/c13-10-5-9(17-12(10)14)6-15-11-7-16-3-1-8(11)2-4-16/h5,8,11,15H,1-4,6-7H2. The number of hydrogen-bond acceptors (Lipinski definition) is 3. The molecule has 1 aromatic rings. The van der Waals surface area contributed by atoms with Crippen molar-refractivity contribution in [2.75, 3.05) is 19.6 Å². The molecule has 94 valence electrons. The van der Waals surface area contributed by atoms with Gasteiger partial charge in [0.05, 0.1) is 11.0 Å². The minimum Gasteiger partial charge on any atom is -0.452 e. The first-order valence-corrected chi connectivity index (χ1v) is 7.70. The third-order valence-corrected chi connectivity index (χ3v) is 5.60. The molecule has 0 saturated carbocycles. The van der Waals surface area contributed by atoms with Crippen LogP contribution in [0.15, 0.2) is 19.6 Å². The Morgan fingerprint density at radius 1 is 1.35 bits per heavy atom. The first kappa shape index (κ1) is 12.2. The first-order valence-electron chi connectivity index (χ1n) is 6.12. The minimum absolute atomic E-state index is 0.639. The SMILES string of the molecule is Brc1cc(CNC2CN3CCC2CC3)oc1Br. The highest BCUT2D eigenvalue weighted by molar-refractivity contribution is 9.13. The fourth-order valence-electron chi connectivity index (χ4n) is 2.91. The Morgan fingerprint density at radius 3 is 2.65 bits per heavy atom. The van der Waals surface area contributed by atoms with Crippen LogP contribution in [0.2, 0.25) is 0 Å². The molecule has 0 aromatic carbocycles. The molecule has 4 rings (SSSR count). The van der Waals surface area contributed by atoms with Gasteiger partial charge in [0.25, 0.3) is 0 Å². The van der Waals surface area contributed by atoms with Gasteiger partial charge in [0.15, 0.2) is 4.67 Å². The molecule has 3 fully saturated rings. The number of nitrogens with zero attached hydrogens (tertiary/aromatic N) is 1. The van der Waals surface area contributed by atoms with Crippen LogP contribution in [0.4, 0.5) is 0 Å². The molecule has 0 radical (unpaired) electrons. The van der Waals surface area contributed by atoms with Gasteiger partial charge in [0.1, 0.15) is 5.76 Å². The number of nitrogens with one attached hydrogen (secondary N) is 1. The molecule has 3 aliphatic rings. The van der Waals surface area contributed by atoms with Crippen molar-refractivity contribution in [3.05, 3.63) is 21.0 Å². The Balaban J connectivity index is 1.57. The predicted octanol–water partition coefficient (Wildman–Crippen LogP) is 2.99. The van der Waals surface area contributed by atoms with Crippen molar-refractivity contribution in [1.29, 1.82) is 0 Å². The second-order valence-electron chi connectivity index (χ2n) is 4.96. The number of piperidine rings is 3. The lowest BCUT2D eigenvalue weighted by Crippen LogP contribution is -2.55. The van der Waals surface area contributed by atoms with Crippen LogP contribution in [-0.4, -0.2) is 30.6 Å². The van der Waals surface area contributed by atoms with Crippen molar-refractivity contribution in [2.45, 2.75) is 25.4 Å². The third kappa shape index (κ3) is 2.62. The van der Waals surface area contributed by atoms with E-state index in [-0.39, 0.29) is 0 Å². The lowest BCUT2D eigenvalue weighted by atomic mass is 9.84. The van der Waals surface area contributed by atoms with Crippen LogP contribution in [0.25, 0.3) is 0 Å². The third-order valence-electron chi connectivity index (χ3n) is 3.89. The second-order valence-corrected chi connectivity index (χ2v) is 6.53. The molecule has 1 atom stereocenters. The average molecular weight is 364 g/mol. The molecule has 0 amide bonds. The largest absolute Gasteiger partial charge is 0.452 e. The van der Waals surface area contributed by atoms with E-state index < -0.39 is 0 Å². The molecule has 3 aliphatic heterocycles. The summed E-state index contributed by atoms with van der Waals surface area (Å²) in [6, 6.07) is 2.67. The van der Waals surface area contributed by atoms with E-state index in [9.17, 15) is 0 Å². The maximum absolute atomic E-state index is 5.58. The van der Waals surface area contributed by atoms with Gasteiger partial charge in [-0.15, -0.1) is 0 Å². The Hall–Kier alpha value is 0.160. The van der Waals surface area contributed by atoms with Crippen LogP contribution >= 0.6 is 31.9 Å². The summed E-state index contributed by atoms with van der Waals surface area (Å²) in [6.07, 6.45) is 2.70. The minimum atomic E-state index is 0.639. The molecule has 1 N–H and O–H groups in total. The molecule has 1 aromatic heterocycles. The van der Waals surface area contributed by atoms with E-state index in [0.29, 0.717) is 6.04 Å². The summed E-state index contributed by atoms with van der Waals surface area (Å²) in [5.41, 5.74) is 0. The summed E-state index contributed by atoms with van der Waals surface area (Å²) in [7, 11) is 0. The summed E-state index contributed by atoms with van der Waals surface area (Å²) in [6.45, 7) is 4.61. The van der Waals surface area contributed by atoms with Gasteiger partial charge in [-0.25, -0.2) is 0 Å². The molecule has 4 heterocycles. The van der Waals surface area contributed by atoms with Gasteiger partial charge in [0, 0.05) is 12.6 Å². The molecule has 2 bridgehead atoms. The van der Waals surface area contributed by atoms with Gasteiger partial charge < -0.3 is 14.6 Å². The zero-order valence-corrected chi connectivity index (χ0v) is 12.8. The molecule has 3 saturated heterocycles. The van der Waals surface area contributed by atoms with Crippen molar-refractivity contribution in [3.63, 3.8) is 0 Å². The maximum atomic E-state index is 5.58. The highest BCUT2D eigenvalue weighted by Gasteiger charge is 2.33. The van der Waals surface area contributed by atoms with Crippen LogP contribution in [0.5, 0.6) is 0 Å². The molecular weight excluding hydrogens is 348 g/mol. The van der Waals surface area contributed by atoms with E-state index in [1.807, 2.05) is 6.07 Å². The number of fused-ring (bicyclic) bond motifs is 3. The number of rotatable bonds is 3. The van der Waals surface area contributed by atoms with E-state index in [2.05, 4.69) is 42.1 Å². The van der Waals surface area contributed by atoms with Gasteiger partial charge in [-0.3, -0.25) is 0 Å². The lowest BCUT2D eigenvalue weighted by Gasteiger charge is -2.45. The molecule has 3 nitrogen and oxygen atoms in total. The summed E-state index contributed by atoms with van der Waals surface area (Å²) in [5.74, 6) is 1.85. The molecule has 17 heavy (non-hydrogen) atoms. The fraction of sp³-hybridized carbons (Fsp3) is 0.667. The topological polar surface area (TPSA) is 28.4 Å². The maximum Gasteiger partial charge on any atom is 0.183 e. The Bertz CT molecular complexity index is 380. The van der Waals surface area contributed by atoms with Gasteiger partial charge in [0.2, 0.25) is 0 Å². The van der Waals surface area contributed by atoms with E-state index in [0.717, 1.165) is 27.4 Å².